The fraction of sp³-hybridized carbons (Fsp3) is 0.231. The van der Waals surface area contributed by atoms with Crippen LogP contribution in [0.4, 0.5) is 23.0 Å². The van der Waals surface area contributed by atoms with Gasteiger partial charge < -0.3 is 20.9 Å². The van der Waals surface area contributed by atoms with E-state index in [1.54, 1.807) is 0 Å². The summed E-state index contributed by atoms with van der Waals surface area (Å²) in [6.45, 7) is 6.46. The Morgan fingerprint density at radius 1 is 0.844 bits per heavy atom. The predicted molar refractivity (Wildman–Crippen MR) is 135 cm³/mol. The number of aryl methyl sites for hydroxylation is 1. The quantitative estimate of drug-likeness (QED) is 0.463. The summed E-state index contributed by atoms with van der Waals surface area (Å²) in [7, 11) is 2.18. The van der Waals surface area contributed by atoms with Crippen LogP contribution < -0.4 is 16.0 Å². The average Bonchev–Trinajstić information content (AvgIpc) is 2.82. The molecule has 3 N–H and O–H groups in total. The van der Waals surface area contributed by atoms with Crippen molar-refractivity contribution in [2.24, 2.45) is 0 Å². The second kappa shape index (κ2) is 10.1. The lowest BCUT2D eigenvalue weighted by Crippen LogP contribution is -2.44. The van der Waals surface area contributed by atoms with Crippen molar-refractivity contribution in [2.75, 3.05) is 49.2 Å². The topological polar surface area (TPSA) is 70.3 Å². The molecular weight excluding hydrogens is 396 g/mol. The first-order valence-electron chi connectivity index (χ1n) is 10.9. The second-order valence-electron chi connectivity index (χ2n) is 8.08. The average molecular weight is 427 g/mol. The van der Waals surface area contributed by atoms with Gasteiger partial charge in [-0.3, -0.25) is 0 Å². The molecule has 0 atom stereocenters. The lowest BCUT2D eigenvalue weighted by Gasteiger charge is -2.34. The lowest BCUT2D eigenvalue weighted by molar-refractivity contribution is 0.313. The number of fused-ring (bicyclic) bond motifs is 1. The number of nitrogens with two attached hydrogens (primary N) is 1. The Hall–Kier alpha value is -3.64. The standard InChI is InChI=1S/C20H23N5.C6H7N/c1-15-4-3-5-16-14-21-20(23-19(15)16)22-17-6-8-18(9-7-17)25-12-10-24(2)11-13-25;7-6-4-2-1-3-5-6/h3-9,14H,10-13H2,1-2H3,(H,21,22,23);1-5H,7H2. The third-order valence-electron chi connectivity index (χ3n) is 5.60. The van der Waals surface area contributed by atoms with Crippen LogP contribution in [0, 0.1) is 6.92 Å². The van der Waals surface area contributed by atoms with E-state index in [0.717, 1.165) is 54.0 Å². The van der Waals surface area contributed by atoms with Crippen LogP contribution in [0.5, 0.6) is 0 Å². The zero-order valence-electron chi connectivity index (χ0n) is 18.7. The summed E-state index contributed by atoms with van der Waals surface area (Å²) in [6, 6.07) is 24.2. The fourth-order valence-corrected chi connectivity index (χ4v) is 3.67. The number of nitrogen functional groups attached to an aromatic ring is 1. The maximum atomic E-state index is 5.36. The Morgan fingerprint density at radius 3 is 2.22 bits per heavy atom. The van der Waals surface area contributed by atoms with Gasteiger partial charge in [-0.2, -0.15) is 0 Å². The van der Waals surface area contributed by atoms with Crippen LogP contribution in [0.25, 0.3) is 10.9 Å². The van der Waals surface area contributed by atoms with E-state index in [1.807, 2.05) is 48.7 Å². The molecule has 0 unspecified atom stereocenters. The first-order valence-corrected chi connectivity index (χ1v) is 10.9. The first kappa shape index (κ1) is 21.6. The van der Waals surface area contributed by atoms with E-state index in [-0.39, 0.29) is 0 Å². The van der Waals surface area contributed by atoms with Gasteiger partial charge in [0, 0.05) is 54.8 Å². The largest absolute Gasteiger partial charge is 0.399 e. The van der Waals surface area contributed by atoms with Crippen molar-refractivity contribution in [2.45, 2.75) is 6.92 Å². The van der Waals surface area contributed by atoms with Crippen LogP contribution in [0.15, 0.2) is 79.0 Å². The third kappa shape index (κ3) is 5.53. The minimum atomic E-state index is 0.633. The van der Waals surface area contributed by atoms with Crippen molar-refractivity contribution >= 4 is 33.9 Å². The van der Waals surface area contributed by atoms with E-state index in [2.05, 4.69) is 69.4 Å². The smallest absolute Gasteiger partial charge is 0.227 e. The predicted octanol–water partition coefficient (Wildman–Crippen LogP) is 4.70. The molecule has 5 rings (SSSR count). The van der Waals surface area contributed by atoms with Gasteiger partial charge in [-0.05, 0) is 55.9 Å². The summed E-state index contributed by atoms with van der Waals surface area (Å²) in [4.78, 5) is 13.9. The molecule has 1 saturated heterocycles. The van der Waals surface area contributed by atoms with Crippen molar-refractivity contribution in [1.29, 1.82) is 0 Å². The van der Waals surface area contributed by atoms with Crippen LogP contribution in [-0.4, -0.2) is 48.1 Å². The van der Waals surface area contributed by atoms with Crippen molar-refractivity contribution < 1.29 is 0 Å². The third-order valence-corrected chi connectivity index (χ3v) is 5.60. The molecule has 1 aromatic heterocycles. The highest BCUT2D eigenvalue weighted by atomic mass is 15.2. The fourth-order valence-electron chi connectivity index (χ4n) is 3.67. The van der Waals surface area contributed by atoms with Gasteiger partial charge >= 0.3 is 0 Å². The molecule has 6 heteroatoms. The summed E-state index contributed by atoms with van der Waals surface area (Å²) < 4.78 is 0. The van der Waals surface area contributed by atoms with E-state index in [1.165, 1.54) is 5.69 Å². The van der Waals surface area contributed by atoms with Crippen LogP contribution in [0.2, 0.25) is 0 Å². The van der Waals surface area contributed by atoms with Gasteiger partial charge in [0.25, 0.3) is 0 Å². The highest BCUT2D eigenvalue weighted by Gasteiger charge is 2.14. The summed E-state index contributed by atoms with van der Waals surface area (Å²) >= 11 is 0. The number of nitrogens with zero attached hydrogens (tertiary/aromatic N) is 4. The van der Waals surface area contributed by atoms with E-state index < -0.39 is 0 Å². The maximum absolute atomic E-state index is 5.36. The number of para-hydroxylation sites is 2. The molecule has 0 amide bonds. The van der Waals surface area contributed by atoms with Crippen LogP contribution in [0.1, 0.15) is 5.56 Å². The molecule has 164 valence electrons. The molecule has 6 nitrogen and oxygen atoms in total. The summed E-state index contributed by atoms with van der Waals surface area (Å²) in [5, 5.41) is 4.38. The van der Waals surface area contributed by atoms with Crippen LogP contribution in [0.3, 0.4) is 0 Å². The molecule has 1 aliphatic rings. The molecule has 2 heterocycles. The Bertz CT molecular complexity index is 1140. The molecule has 4 aromatic rings. The Kier molecular flexibility index (Phi) is 6.82. The number of rotatable bonds is 3. The molecule has 0 radical (unpaired) electrons. The number of piperazine rings is 1. The van der Waals surface area contributed by atoms with Crippen LogP contribution >= 0.6 is 0 Å². The molecule has 1 fully saturated rings. The number of anilines is 4. The van der Waals surface area contributed by atoms with Crippen molar-refractivity contribution in [3.63, 3.8) is 0 Å². The van der Waals surface area contributed by atoms with E-state index in [9.17, 15) is 0 Å². The van der Waals surface area contributed by atoms with Gasteiger partial charge in [0.15, 0.2) is 0 Å². The van der Waals surface area contributed by atoms with Gasteiger partial charge in [0.2, 0.25) is 5.95 Å². The van der Waals surface area contributed by atoms with E-state index >= 15 is 0 Å². The highest BCUT2D eigenvalue weighted by Crippen LogP contribution is 2.22. The molecule has 32 heavy (non-hydrogen) atoms. The zero-order chi connectivity index (χ0) is 22.3. The molecule has 0 bridgehead atoms. The lowest BCUT2D eigenvalue weighted by atomic mass is 10.1. The van der Waals surface area contributed by atoms with E-state index in [4.69, 9.17) is 5.73 Å². The summed E-state index contributed by atoms with van der Waals surface area (Å²) in [6.07, 6.45) is 1.87. The number of likely N-dealkylation sites (N-methyl/N-ethyl adjacent to an activating group) is 1. The number of nitrogens with one attached hydrogen (secondary N) is 1. The molecule has 0 aliphatic carbocycles. The van der Waals surface area contributed by atoms with Crippen molar-refractivity contribution in [3.8, 4) is 0 Å². The minimum Gasteiger partial charge on any atom is -0.399 e. The zero-order valence-corrected chi connectivity index (χ0v) is 18.7. The SMILES string of the molecule is Cc1cccc2cnc(Nc3ccc(N4CCN(C)CC4)cc3)nc12.Nc1ccccc1. The molecule has 1 aliphatic heterocycles. The number of hydrogen-bond donors (Lipinski definition) is 2. The first-order chi connectivity index (χ1) is 15.6. The Morgan fingerprint density at radius 2 is 1.56 bits per heavy atom. The Labute approximate surface area is 189 Å². The summed E-state index contributed by atoms with van der Waals surface area (Å²) in [5.41, 5.74) is 10.6. The molecular formula is C26H30N6. The summed E-state index contributed by atoms with van der Waals surface area (Å²) in [5.74, 6) is 0.633. The number of hydrogen-bond acceptors (Lipinski definition) is 6. The van der Waals surface area contributed by atoms with Crippen molar-refractivity contribution in [1.82, 2.24) is 14.9 Å². The van der Waals surface area contributed by atoms with Gasteiger partial charge in [-0.25, -0.2) is 9.97 Å². The molecule has 0 spiro atoms. The second-order valence-corrected chi connectivity index (χ2v) is 8.08. The maximum Gasteiger partial charge on any atom is 0.227 e. The van der Waals surface area contributed by atoms with Gasteiger partial charge in [-0.1, -0.05) is 36.4 Å². The normalized spacial score (nSPS) is 14.0. The van der Waals surface area contributed by atoms with Crippen molar-refractivity contribution in [3.05, 3.63) is 84.6 Å². The monoisotopic (exact) mass is 426 g/mol. The number of aromatic nitrogens is 2. The van der Waals surface area contributed by atoms with E-state index in [0.29, 0.717) is 5.95 Å². The number of benzene rings is 3. The van der Waals surface area contributed by atoms with Crippen LogP contribution in [-0.2, 0) is 0 Å². The van der Waals surface area contributed by atoms with Gasteiger partial charge in [0.05, 0.1) is 5.52 Å². The van der Waals surface area contributed by atoms with Gasteiger partial charge in [-0.15, -0.1) is 0 Å². The molecule has 3 aromatic carbocycles. The molecule has 0 saturated carbocycles. The highest BCUT2D eigenvalue weighted by molar-refractivity contribution is 5.82. The van der Waals surface area contributed by atoms with Gasteiger partial charge in [0.1, 0.15) is 0 Å². The Balaban J connectivity index is 0.000000300. The minimum absolute atomic E-state index is 0.633.